The second-order valence-corrected chi connectivity index (χ2v) is 8.07. The maximum absolute atomic E-state index is 12.7. The number of hydrogen-bond acceptors (Lipinski definition) is 5. The van der Waals surface area contributed by atoms with Gasteiger partial charge in [0.05, 0.1) is 24.0 Å². The van der Waals surface area contributed by atoms with Gasteiger partial charge < -0.3 is 14.7 Å². The van der Waals surface area contributed by atoms with E-state index in [0.29, 0.717) is 32.6 Å². The minimum atomic E-state index is -3.65. The third-order valence-electron chi connectivity index (χ3n) is 4.58. The summed E-state index contributed by atoms with van der Waals surface area (Å²) in [5, 5.41) is 9.14. The lowest BCUT2D eigenvalue weighted by molar-refractivity contribution is -0.142. The Bertz CT molecular complexity index is 683. The van der Waals surface area contributed by atoms with E-state index in [4.69, 9.17) is 9.84 Å². The Morgan fingerprint density at radius 1 is 1.12 bits per heavy atom. The van der Waals surface area contributed by atoms with E-state index in [-0.39, 0.29) is 11.4 Å². The van der Waals surface area contributed by atoms with Crippen LogP contribution in [0, 0.1) is 5.92 Å². The predicted molar refractivity (Wildman–Crippen MR) is 88.6 cm³/mol. The van der Waals surface area contributed by atoms with Crippen molar-refractivity contribution in [2.45, 2.75) is 17.7 Å². The molecule has 2 saturated heterocycles. The Morgan fingerprint density at radius 2 is 1.79 bits per heavy atom. The van der Waals surface area contributed by atoms with E-state index in [1.165, 1.54) is 4.31 Å². The summed E-state index contributed by atoms with van der Waals surface area (Å²) < 4.78 is 32.1. The molecule has 132 valence electrons. The highest BCUT2D eigenvalue weighted by molar-refractivity contribution is 7.89. The van der Waals surface area contributed by atoms with Gasteiger partial charge in [0.25, 0.3) is 0 Å². The molecule has 1 atom stereocenters. The minimum absolute atomic E-state index is 0.0445. The van der Waals surface area contributed by atoms with Gasteiger partial charge in [0.1, 0.15) is 0 Å². The average molecular weight is 354 g/mol. The molecule has 0 aromatic heterocycles. The molecule has 7 nitrogen and oxygen atoms in total. The van der Waals surface area contributed by atoms with Gasteiger partial charge in [0.15, 0.2) is 0 Å². The molecule has 2 aliphatic rings. The van der Waals surface area contributed by atoms with Gasteiger partial charge in [-0.25, -0.2) is 8.42 Å². The van der Waals surface area contributed by atoms with Crippen LogP contribution in [0.2, 0.25) is 0 Å². The number of benzene rings is 1. The van der Waals surface area contributed by atoms with Crippen molar-refractivity contribution in [1.29, 1.82) is 0 Å². The number of piperidine rings is 1. The fraction of sp³-hybridized carbons (Fsp3) is 0.562. The number of sulfonamides is 1. The smallest absolute Gasteiger partial charge is 0.307 e. The number of carbonyl (C=O) groups is 1. The van der Waals surface area contributed by atoms with Crippen LogP contribution < -0.4 is 4.90 Å². The average Bonchev–Trinajstić information content (AvgIpc) is 2.62. The molecule has 24 heavy (non-hydrogen) atoms. The summed E-state index contributed by atoms with van der Waals surface area (Å²) in [6, 6.07) is 6.81. The molecule has 2 fully saturated rings. The van der Waals surface area contributed by atoms with Crippen LogP contribution in [0.3, 0.4) is 0 Å². The number of aliphatic carboxylic acids is 1. The van der Waals surface area contributed by atoms with Crippen molar-refractivity contribution in [3.05, 3.63) is 24.3 Å². The summed E-state index contributed by atoms with van der Waals surface area (Å²) in [7, 11) is -3.65. The lowest BCUT2D eigenvalue weighted by Gasteiger charge is -2.30. The third-order valence-corrected chi connectivity index (χ3v) is 6.46. The van der Waals surface area contributed by atoms with Gasteiger partial charge in [0.2, 0.25) is 10.0 Å². The lowest BCUT2D eigenvalue weighted by atomic mass is 10.0. The third kappa shape index (κ3) is 3.55. The Labute approximate surface area is 141 Å². The molecule has 2 heterocycles. The minimum Gasteiger partial charge on any atom is -0.481 e. The van der Waals surface area contributed by atoms with Gasteiger partial charge in [-0.3, -0.25) is 4.79 Å². The largest absolute Gasteiger partial charge is 0.481 e. The van der Waals surface area contributed by atoms with E-state index in [1.54, 1.807) is 24.3 Å². The van der Waals surface area contributed by atoms with Crippen molar-refractivity contribution >= 4 is 21.7 Å². The van der Waals surface area contributed by atoms with Gasteiger partial charge in [-0.2, -0.15) is 4.31 Å². The first kappa shape index (κ1) is 17.2. The number of nitrogens with zero attached hydrogens (tertiary/aromatic N) is 2. The lowest BCUT2D eigenvalue weighted by Crippen LogP contribution is -2.42. The van der Waals surface area contributed by atoms with Crippen LogP contribution in [-0.4, -0.2) is 63.2 Å². The molecule has 1 unspecified atom stereocenters. The van der Waals surface area contributed by atoms with E-state index in [2.05, 4.69) is 4.90 Å². The summed E-state index contributed by atoms with van der Waals surface area (Å²) in [5.74, 6) is -1.56. The molecule has 0 amide bonds. The first-order valence-electron chi connectivity index (χ1n) is 8.14. The number of rotatable bonds is 4. The fourth-order valence-corrected chi connectivity index (χ4v) is 4.69. The van der Waals surface area contributed by atoms with Crippen LogP contribution in [0.25, 0.3) is 0 Å². The van der Waals surface area contributed by atoms with Crippen LogP contribution in [-0.2, 0) is 19.6 Å². The number of anilines is 1. The maximum atomic E-state index is 12.7. The van der Waals surface area contributed by atoms with Crippen LogP contribution in [0.1, 0.15) is 12.8 Å². The van der Waals surface area contributed by atoms with Gasteiger partial charge in [-0.15, -0.1) is 0 Å². The summed E-state index contributed by atoms with van der Waals surface area (Å²) in [4.78, 5) is 13.5. The molecular formula is C16H22N2O5S. The monoisotopic (exact) mass is 354 g/mol. The Morgan fingerprint density at radius 3 is 2.42 bits per heavy atom. The highest BCUT2D eigenvalue weighted by atomic mass is 32.2. The number of hydrogen-bond donors (Lipinski definition) is 1. The zero-order valence-electron chi connectivity index (χ0n) is 13.4. The second kappa shape index (κ2) is 7.08. The zero-order valence-corrected chi connectivity index (χ0v) is 14.2. The molecule has 1 aromatic carbocycles. The van der Waals surface area contributed by atoms with E-state index in [0.717, 1.165) is 18.8 Å². The molecule has 0 saturated carbocycles. The number of morpholine rings is 1. The van der Waals surface area contributed by atoms with Gasteiger partial charge >= 0.3 is 5.97 Å². The highest BCUT2D eigenvalue weighted by Gasteiger charge is 2.33. The summed E-state index contributed by atoms with van der Waals surface area (Å²) in [6.07, 6.45) is 1.10. The summed E-state index contributed by atoms with van der Waals surface area (Å²) in [6.45, 7) is 3.34. The van der Waals surface area contributed by atoms with E-state index in [1.807, 2.05) is 0 Å². The van der Waals surface area contributed by atoms with Crippen molar-refractivity contribution < 1.29 is 23.1 Å². The Hall–Kier alpha value is -1.64. The quantitative estimate of drug-likeness (QED) is 0.868. The molecule has 1 aromatic rings. The molecule has 3 rings (SSSR count). The number of ether oxygens (including phenoxy) is 1. The van der Waals surface area contributed by atoms with Crippen LogP contribution in [0.15, 0.2) is 29.2 Å². The molecule has 0 radical (unpaired) electrons. The van der Waals surface area contributed by atoms with Gasteiger partial charge in [-0.1, -0.05) is 0 Å². The first-order chi connectivity index (χ1) is 11.5. The van der Waals surface area contributed by atoms with E-state index < -0.39 is 21.9 Å². The maximum Gasteiger partial charge on any atom is 0.307 e. The predicted octanol–water partition coefficient (Wildman–Crippen LogP) is 1.01. The fourth-order valence-electron chi connectivity index (χ4n) is 3.16. The van der Waals surface area contributed by atoms with Crippen molar-refractivity contribution in [2.24, 2.45) is 5.92 Å². The molecule has 1 N–H and O–H groups in total. The summed E-state index contributed by atoms with van der Waals surface area (Å²) >= 11 is 0. The highest BCUT2D eigenvalue weighted by Crippen LogP contribution is 2.25. The van der Waals surface area contributed by atoms with Crippen LogP contribution >= 0.6 is 0 Å². The molecule has 0 spiro atoms. The zero-order chi connectivity index (χ0) is 17.2. The van der Waals surface area contributed by atoms with Crippen LogP contribution in [0.4, 0.5) is 5.69 Å². The number of carboxylic acids is 1. The summed E-state index contributed by atoms with van der Waals surface area (Å²) in [5.41, 5.74) is 0.972. The normalized spacial score (nSPS) is 23.2. The standard InChI is InChI=1S/C16H22N2O5S/c19-16(20)13-2-1-7-18(12-13)24(21,22)15-5-3-14(4-6-15)17-8-10-23-11-9-17/h3-6,13H,1-2,7-12H2,(H,19,20). The Balaban J connectivity index is 1.75. The topological polar surface area (TPSA) is 87.2 Å². The van der Waals surface area contributed by atoms with Crippen molar-refractivity contribution in [3.63, 3.8) is 0 Å². The molecule has 0 bridgehead atoms. The van der Waals surface area contributed by atoms with Crippen LogP contribution in [0.5, 0.6) is 0 Å². The van der Waals surface area contributed by atoms with Crippen molar-refractivity contribution in [3.8, 4) is 0 Å². The molecule has 0 aliphatic carbocycles. The number of carboxylic acid groups (broad SMARTS) is 1. The van der Waals surface area contributed by atoms with E-state index in [9.17, 15) is 13.2 Å². The van der Waals surface area contributed by atoms with Gasteiger partial charge in [-0.05, 0) is 37.1 Å². The Kier molecular flexibility index (Phi) is 5.07. The first-order valence-corrected chi connectivity index (χ1v) is 9.58. The molecule has 2 aliphatic heterocycles. The molecule has 8 heteroatoms. The molecular weight excluding hydrogens is 332 g/mol. The van der Waals surface area contributed by atoms with Gasteiger partial charge in [0, 0.05) is 31.9 Å². The second-order valence-electron chi connectivity index (χ2n) is 6.13. The van der Waals surface area contributed by atoms with Crippen molar-refractivity contribution in [1.82, 2.24) is 4.31 Å². The SMILES string of the molecule is O=C(O)C1CCCN(S(=O)(=O)c2ccc(N3CCOCC3)cc2)C1. The van der Waals surface area contributed by atoms with Crippen molar-refractivity contribution in [2.75, 3.05) is 44.3 Å². The van der Waals surface area contributed by atoms with E-state index >= 15 is 0 Å².